The van der Waals surface area contributed by atoms with Crippen molar-refractivity contribution in [3.63, 3.8) is 0 Å². The first-order valence-corrected chi connectivity index (χ1v) is 7.74. The van der Waals surface area contributed by atoms with Crippen molar-refractivity contribution in [2.75, 3.05) is 23.4 Å². The summed E-state index contributed by atoms with van der Waals surface area (Å²) in [7, 11) is 0. The van der Waals surface area contributed by atoms with Gasteiger partial charge in [-0.05, 0) is 43.8 Å². The highest BCUT2D eigenvalue weighted by atomic mass is 32.2. The average Bonchev–Trinajstić information content (AvgIpc) is 2.77. The van der Waals surface area contributed by atoms with Gasteiger partial charge in [-0.25, -0.2) is 0 Å². The fourth-order valence-corrected chi connectivity index (χ4v) is 3.82. The minimum atomic E-state index is 0.420. The number of aromatic nitrogens is 1. The maximum atomic E-state index is 5.80. The van der Waals surface area contributed by atoms with Crippen LogP contribution in [-0.2, 0) is 0 Å². The number of nitrogens with one attached hydrogen (secondary N) is 1. The summed E-state index contributed by atoms with van der Waals surface area (Å²) >= 11 is 7.15. The van der Waals surface area contributed by atoms with Crippen LogP contribution in [0.5, 0.6) is 0 Å². The highest BCUT2D eigenvalue weighted by molar-refractivity contribution is 7.99. The van der Waals surface area contributed by atoms with Crippen LogP contribution >= 0.6 is 24.0 Å². The van der Waals surface area contributed by atoms with Crippen molar-refractivity contribution in [3.05, 3.63) is 23.0 Å². The Balaban J connectivity index is 2.16. The van der Waals surface area contributed by atoms with Crippen LogP contribution in [0.1, 0.15) is 23.4 Å². The van der Waals surface area contributed by atoms with Crippen molar-refractivity contribution in [2.45, 2.75) is 20.3 Å². The molecule has 1 aliphatic heterocycles. The van der Waals surface area contributed by atoms with Crippen molar-refractivity contribution in [3.8, 4) is 0 Å². The van der Waals surface area contributed by atoms with Crippen molar-refractivity contribution in [1.82, 2.24) is 4.98 Å². The van der Waals surface area contributed by atoms with Crippen LogP contribution in [0.4, 0.5) is 5.69 Å². The quantitative estimate of drug-likeness (QED) is 0.831. The highest BCUT2D eigenvalue weighted by Gasteiger charge is 2.17. The number of rotatable bonds is 4. The first kappa shape index (κ1) is 13.6. The molecule has 0 aliphatic carbocycles. The Morgan fingerprint density at radius 3 is 3.00 bits per heavy atom. The largest absolute Gasteiger partial charge is 0.389 e. The van der Waals surface area contributed by atoms with Crippen molar-refractivity contribution < 1.29 is 0 Å². The third-order valence-corrected chi connectivity index (χ3v) is 4.62. The van der Waals surface area contributed by atoms with E-state index in [1.165, 1.54) is 17.9 Å². The van der Waals surface area contributed by atoms with E-state index in [-0.39, 0.29) is 0 Å². The number of nitrogens with zero attached hydrogens (tertiary/aromatic N) is 1. The van der Waals surface area contributed by atoms with Gasteiger partial charge in [-0.2, -0.15) is 11.8 Å². The average molecular weight is 281 g/mol. The first-order chi connectivity index (χ1) is 8.58. The molecule has 0 bridgehead atoms. The van der Waals surface area contributed by atoms with Gasteiger partial charge in [0.05, 0.1) is 5.56 Å². The number of thiocarbonyl (C=S) groups is 1. The summed E-state index contributed by atoms with van der Waals surface area (Å²) in [5.41, 5.74) is 9.62. The molecule has 0 saturated carbocycles. The van der Waals surface area contributed by atoms with E-state index in [9.17, 15) is 0 Å². The standard InChI is InChI=1S/C13H19N3S2/c1-8-5-11(12(13(14)17)9(2)16-8)15-6-10-3-4-18-7-10/h5,10H,3-4,6-7H2,1-2H3,(H2,14,17)(H,15,16). The summed E-state index contributed by atoms with van der Waals surface area (Å²) in [6, 6.07) is 2.03. The van der Waals surface area contributed by atoms with E-state index in [1.54, 1.807) is 0 Å². The molecule has 5 heteroatoms. The van der Waals surface area contributed by atoms with E-state index >= 15 is 0 Å². The molecular formula is C13H19N3S2. The molecule has 2 heterocycles. The molecule has 1 aromatic rings. The lowest BCUT2D eigenvalue weighted by molar-refractivity contribution is 0.631. The molecule has 1 unspecified atom stereocenters. The molecule has 1 fully saturated rings. The highest BCUT2D eigenvalue weighted by Crippen LogP contribution is 2.25. The molecule has 3 N–H and O–H groups in total. The number of hydrogen-bond acceptors (Lipinski definition) is 4. The smallest absolute Gasteiger partial charge is 0.107 e. The van der Waals surface area contributed by atoms with Gasteiger partial charge in [-0.15, -0.1) is 0 Å². The molecule has 3 nitrogen and oxygen atoms in total. The van der Waals surface area contributed by atoms with E-state index in [1.807, 2.05) is 31.7 Å². The summed E-state index contributed by atoms with van der Waals surface area (Å²) < 4.78 is 0. The SMILES string of the molecule is Cc1cc(NCC2CCSC2)c(C(N)=S)c(C)n1. The summed E-state index contributed by atoms with van der Waals surface area (Å²) in [5.74, 6) is 3.28. The molecule has 0 aromatic carbocycles. The van der Waals surface area contributed by atoms with E-state index in [4.69, 9.17) is 18.0 Å². The third-order valence-electron chi connectivity index (χ3n) is 3.18. The molecule has 98 valence electrons. The second-order valence-electron chi connectivity index (χ2n) is 4.75. The Bertz CT molecular complexity index is 454. The second-order valence-corrected chi connectivity index (χ2v) is 6.34. The van der Waals surface area contributed by atoms with Gasteiger partial charge in [0.2, 0.25) is 0 Å². The predicted molar refractivity (Wildman–Crippen MR) is 83.5 cm³/mol. The van der Waals surface area contributed by atoms with Crippen LogP contribution in [0, 0.1) is 19.8 Å². The van der Waals surface area contributed by atoms with Gasteiger partial charge in [0.15, 0.2) is 0 Å². The lowest BCUT2D eigenvalue weighted by Gasteiger charge is -2.16. The first-order valence-electron chi connectivity index (χ1n) is 6.17. The lowest BCUT2D eigenvalue weighted by atomic mass is 10.1. The zero-order valence-corrected chi connectivity index (χ0v) is 12.5. The lowest BCUT2D eigenvalue weighted by Crippen LogP contribution is -2.19. The van der Waals surface area contributed by atoms with Gasteiger partial charge < -0.3 is 11.1 Å². The number of nitrogens with two attached hydrogens (primary N) is 1. The zero-order chi connectivity index (χ0) is 13.1. The van der Waals surface area contributed by atoms with E-state index in [2.05, 4.69) is 10.3 Å². The van der Waals surface area contributed by atoms with Gasteiger partial charge in [-0.3, -0.25) is 4.98 Å². The number of thioether (sulfide) groups is 1. The van der Waals surface area contributed by atoms with Crippen LogP contribution in [0.3, 0.4) is 0 Å². The molecule has 1 saturated heterocycles. The summed E-state index contributed by atoms with van der Waals surface area (Å²) in [4.78, 5) is 4.84. The Hall–Kier alpha value is -0.810. The Morgan fingerprint density at radius 2 is 2.39 bits per heavy atom. The zero-order valence-electron chi connectivity index (χ0n) is 10.8. The number of hydrogen-bond donors (Lipinski definition) is 2. The van der Waals surface area contributed by atoms with E-state index < -0.39 is 0 Å². The summed E-state index contributed by atoms with van der Waals surface area (Å²) in [6.45, 7) is 4.94. The van der Waals surface area contributed by atoms with Crippen LogP contribution in [0.25, 0.3) is 0 Å². The molecule has 1 atom stereocenters. The number of pyridine rings is 1. The monoisotopic (exact) mass is 281 g/mol. The predicted octanol–water partition coefficient (Wildman–Crippen LogP) is 2.50. The molecule has 2 rings (SSSR count). The van der Waals surface area contributed by atoms with Crippen molar-refractivity contribution >= 4 is 34.7 Å². The van der Waals surface area contributed by atoms with E-state index in [0.717, 1.165) is 35.1 Å². The number of aryl methyl sites for hydroxylation is 2. The van der Waals surface area contributed by atoms with Crippen LogP contribution in [-0.4, -0.2) is 28.0 Å². The van der Waals surface area contributed by atoms with Gasteiger partial charge >= 0.3 is 0 Å². The summed E-state index contributed by atoms with van der Waals surface area (Å²) in [5, 5.41) is 3.50. The normalized spacial score (nSPS) is 18.9. The third kappa shape index (κ3) is 3.14. The van der Waals surface area contributed by atoms with E-state index in [0.29, 0.717) is 4.99 Å². The van der Waals surface area contributed by atoms with Crippen LogP contribution < -0.4 is 11.1 Å². The molecular weight excluding hydrogens is 262 g/mol. The molecule has 0 radical (unpaired) electrons. The Morgan fingerprint density at radius 1 is 1.61 bits per heavy atom. The minimum Gasteiger partial charge on any atom is -0.389 e. The maximum absolute atomic E-state index is 5.80. The van der Waals surface area contributed by atoms with Crippen LogP contribution in [0.2, 0.25) is 0 Å². The van der Waals surface area contributed by atoms with Crippen molar-refractivity contribution in [2.24, 2.45) is 11.7 Å². The topological polar surface area (TPSA) is 50.9 Å². The van der Waals surface area contributed by atoms with Gasteiger partial charge in [-0.1, -0.05) is 12.2 Å². The molecule has 1 aliphatic rings. The minimum absolute atomic E-state index is 0.420. The molecule has 18 heavy (non-hydrogen) atoms. The van der Waals surface area contributed by atoms with Gasteiger partial charge in [0.25, 0.3) is 0 Å². The fraction of sp³-hybridized carbons (Fsp3) is 0.538. The molecule has 0 amide bonds. The number of anilines is 1. The maximum Gasteiger partial charge on any atom is 0.107 e. The second kappa shape index (κ2) is 5.89. The van der Waals surface area contributed by atoms with Crippen molar-refractivity contribution in [1.29, 1.82) is 0 Å². The van der Waals surface area contributed by atoms with Crippen LogP contribution in [0.15, 0.2) is 6.07 Å². The summed E-state index contributed by atoms with van der Waals surface area (Å²) in [6.07, 6.45) is 1.29. The fourth-order valence-electron chi connectivity index (χ4n) is 2.28. The molecule has 1 aromatic heterocycles. The Kier molecular flexibility index (Phi) is 4.45. The Labute approximate surface area is 118 Å². The molecule has 0 spiro atoms. The van der Waals surface area contributed by atoms with Gasteiger partial charge in [0.1, 0.15) is 4.99 Å². The van der Waals surface area contributed by atoms with Gasteiger partial charge in [0, 0.05) is 23.6 Å².